The molecular weight excluding hydrogens is 320 g/mol. The van der Waals surface area contributed by atoms with Gasteiger partial charge in [-0.25, -0.2) is 0 Å². The quantitative estimate of drug-likeness (QED) is 0.489. The zero-order valence-corrected chi connectivity index (χ0v) is 20.5. The third-order valence-electron chi connectivity index (χ3n) is 1.66. The van der Waals surface area contributed by atoms with E-state index in [-0.39, 0.29) is 0 Å². The van der Waals surface area contributed by atoms with Crippen LogP contribution >= 0.6 is 0 Å². The molecule has 0 saturated carbocycles. The molecule has 160 valence electrons. The average Bonchev–Trinajstić information content (AvgIpc) is 2.84. The highest BCUT2D eigenvalue weighted by Gasteiger charge is 1.85. The molecule has 0 fully saturated rings. The van der Waals surface area contributed by atoms with E-state index in [0.717, 1.165) is 14.2 Å². The van der Waals surface area contributed by atoms with Crippen LogP contribution in [0.3, 0.4) is 0 Å². The molecule has 2 nitrogen and oxygen atoms in total. The van der Waals surface area contributed by atoms with Gasteiger partial charge in [0.2, 0.25) is 0 Å². The van der Waals surface area contributed by atoms with Crippen molar-refractivity contribution in [1.82, 2.24) is 0 Å². The third kappa shape index (κ3) is 38.3. The lowest BCUT2D eigenvalue weighted by atomic mass is 10.1. The van der Waals surface area contributed by atoms with Gasteiger partial charge in [0.1, 0.15) is 0 Å². The molecule has 0 heterocycles. The summed E-state index contributed by atoms with van der Waals surface area (Å²) in [6.07, 6.45) is 0. The smallest absolute Gasteiger partial charge is 0.0319 e. The molecule has 2 heteroatoms. The van der Waals surface area contributed by atoms with Gasteiger partial charge < -0.3 is 10.2 Å². The molecule has 0 atom stereocenters. The van der Waals surface area contributed by atoms with E-state index in [1.54, 1.807) is 0 Å². The predicted octanol–water partition coefficient (Wildman–Crippen LogP) is 8.21. The molecule has 2 rings (SSSR count). The Kier molecular flexibility index (Phi) is 129. The molecule has 0 aliphatic heterocycles. The van der Waals surface area contributed by atoms with Crippen molar-refractivity contribution in [2.45, 2.75) is 83.1 Å². The lowest BCUT2D eigenvalue weighted by Crippen LogP contribution is -1.67. The maximum atomic E-state index is 7.00. The van der Waals surface area contributed by atoms with Gasteiger partial charge in [0.25, 0.3) is 0 Å². The molecule has 0 spiro atoms. The van der Waals surface area contributed by atoms with Crippen molar-refractivity contribution in [2.24, 2.45) is 0 Å². The molecule has 0 unspecified atom stereocenters. The number of rotatable bonds is 0. The van der Waals surface area contributed by atoms with Gasteiger partial charge in [0.15, 0.2) is 0 Å². The number of aliphatic hydroxyl groups excluding tert-OH is 2. The molecule has 0 radical (unpaired) electrons. The first-order valence-corrected chi connectivity index (χ1v) is 10.3. The highest BCUT2D eigenvalue weighted by molar-refractivity contribution is 5.81. The van der Waals surface area contributed by atoms with Crippen LogP contribution in [0.4, 0.5) is 0 Å². The molecular formula is C24H52O2. The van der Waals surface area contributed by atoms with Crippen LogP contribution < -0.4 is 0 Å². The fraction of sp³-hybridized carbons (Fsp3) is 0.583. The van der Waals surface area contributed by atoms with Crippen LogP contribution in [0.1, 0.15) is 83.1 Å². The Morgan fingerprint density at radius 1 is 0.346 bits per heavy atom. The molecule has 0 aromatic heterocycles. The number of fused-ring (bicyclic) bond motifs is 1. The van der Waals surface area contributed by atoms with E-state index in [1.807, 2.05) is 83.1 Å². The summed E-state index contributed by atoms with van der Waals surface area (Å²) in [5, 5.41) is 16.6. The minimum Gasteiger partial charge on any atom is -0.400 e. The van der Waals surface area contributed by atoms with E-state index in [9.17, 15) is 0 Å². The summed E-state index contributed by atoms with van der Waals surface area (Å²) in [7, 11) is 2.00. The normalized spacial score (nSPS) is 5.69. The van der Waals surface area contributed by atoms with Crippen molar-refractivity contribution in [3.05, 3.63) is 48.5 Å². The molecule has 0 aliphatic carbocycles. The van der Waals surface area contributed by atoms with Crippen molar-refractivity contribution in [3.8, 4) is 0 Å². The summed E-state index contributed by atoms with van der Waals surface area (Å²) in [4.78, 5) is 0. The van der Waals surface area contributed by atoms with E-state index in [1.165, 1.54) is 10.8 Å². The minimum atomic E-state index is 1.00. The zero-order valence-electron chi connectivity index (χ0n) is 20.5. The summed E-state index contributed by atoms with van der Waals surface area (Å²) in [6, 6.07) is 16.7. The Morgan fingerprint density at radius 3 is 0.577 bits per heavy atom. The molecule has 0 saturated heterocycles. The fourth-order valence-electron chi connectivity index (χ4n) is 1.13. The third-order valence-corrected chi connectivity index (χ3v) is 1.66. The van der Waals surface area contributed by atoms with Crippen molar-refractivity contribution in [1.29, 1.82) is 0 Å². The van der Waals surface area contributed by atoms with Gasteiger partial charge in [-0.15, -0.1) is 0 Å². The monoisotopic (exact) mass is 372 g/mol. The largest absolute Gasteiger partial charge is 0.400 e. The summed E-state index contributed by atoms with van der Waals surface area (Å²) < 4.78 is 0. The topological polar surface area (TPSA) is 40.5 Å². The van der Waals surface area contributed by atoms with Crippen LogP contribution in [-0.2, 0) is 0 Å². The highest BCUT2D eigenvalue weighted by atomic mass is 16.2. The van der Waals surface area contributed by atoms with Crippen molar-refractivity contribution in [2.75, 3.05) is 14.2 Å². The minimum absolute atomic E-state index is 1.00. The second kappa shape index (κ2) is 75.9. The van der Waals surface area contributed by atoms with Gasteiger partial charge >= 0.3 is 0 Å². The SMILES string of the molecule is CC.CC.CC.CC.CC.CC.CO.CO.c1ccc2ccccc2c1. The molecule has 0 bridgehead atoms. The standard InChI is InChI=1S/C10H8.6C2H6.2CH4O/c1-2-6-10-8-4-3-7-9(10)5-1;8*1-2/h1-8H;6*1-2H3;2*2H,1H3. The highest BCUT2D eigenvalue weighted by Crippen LogP contribution is 2.11. The molecule has 26 heavy (non-hydrogen) atoms. The van der Waals surface area contributed by atoms with E-state index in [4.69, 9.17) is 10.2 Å². The summed E-state index contributed by atoms with van der Waals surface area (Å²) in [5.41, 5.74) is 0. The molecule has 0 amide bonds. The Bertz CT molecular complexity index is 281. The van der Waals surface area contributed by atoms with E-state index in [0.29, 0.717) is 0 Å². The second-order valence-corrected chi connectivity index (χ2v) is 2.35. The maximum absolute atomic E-state index is 7.00. The van der Waals surface area contributed by atoms with E-state index in [2.05, 4.69) is 48.5 Å². The Balaban J connectivity index is -0.0000000388. The molecule has 2 N–H and O–H groups in total. The number of hydrogen-bond donors (Lipinski definition) is 2. The summed E-state index contributed by atoms with van der Waals surface area (Å²) in [5.74, 6) is 0. The first-order chi connectivity index (χ1) is 13.0. The summed E-state index contributed by atoms with van der Waals surface area (Å²) >= 11 is 0. The van der Waals surface area contributed by atoms with Crippen LogP contribution in [0.2, 0.25) is 0 Å². The Morgan fingerprint density at radius 2 is 0.462 bits per heavy atom. The van der Waals surface area contributed by atoms with Gasteiger partial charge in [-0.2, -0.15) is 0 Å². The van der Waals surface area contributed by atoms with Gasteiger partial charge in [-0.1, -0.05) is 132 Å². The zero-order chi connectivity index (χ0) is 22.8. The van der Waals surface area contributed by atoms with E-state index < -0.39 is 0 Å². The molecule has 0 aliphatic rings. The van der Waals surface area contributed by atoms with Gasteiger partial charge in [0, 0.05) is 14.2 Å². The number of benzene rings is 2. The first-order valence-electron chi connectivity index (χ1n) is 10.3. The molecule has 2 aromatic carbocycles. The average molecular weight is 373 g/mol. The lowest BCUT2D eigenvalue weighted by molar-refractivity contribution is 0.399. The number of aliphatic hydroxyl groups is 2. The van der Waals surface area contributed by atoms with Crippen LogP contribution in [0.25, 0.3) is 10.8 Å². The van der Waals surface area contributed by atoms with Gasteiger partial charge in [-0.05, 0) is 10.8 Å². The van der Waals surface area contributed by atoms with Crippen molar-refractivity contribution >= 4 is 10.8 Å². The Hall–Kier alpha value is -1.38. The first kappa shape index (κ1) is 44.2. The maximum Gasteiger partial charge on any atom is 0.0319 e. The number of hydrogen-bond acceptors (Lipinski definition) is 2. The van der Waals surface area contributed by atoms with Gasteiger partial charge in [0.05, 0.1) is 0 Å². The van der Waals surface area contributed by atoms with Crippen molar-refractivity contribution in [3.63, 3.8) is 0 Å². The fourth-order valence-corrected chi connectivity index (χ4v) is 1.13. The van der Waals surface area contributed by atoms with Crippen LogP contribution in [0.5, 0.6) is 0 Å². The van der Waals surface area contributed by atoms with Crippen LogP contribution in [-0.4, -0.2) is 24.4 Å². The van der Waals surface area contributed by atoms with E-state index >= 15 is 0 Å². The van der Waals surface area contributed by atoms with Crippen LogP contribution in [0.15, 0.2) is 48.5 Å². The predicted molar refractivity (Wildman–Crippen MR) is 128 cm³/mol. The second-order valence-electron chi connectivity index (χ2n) is 2.35. The lowest BCUT2D eigenvalue weighted by Gasteiger charge is -1.92. The molecule has 2 aromatic rings. The van der Waals surface area contributed by atoms with Gasteiger partial charge in [-0.3, -0.25) is 0 Å². The van der Waals surface area contributed by atoms with Crippen molar-refractivity contribution < 1.29 is 10.2 Å². The summed E-state index contributed by atoms with van der Waals surface area (Å²) in [6.45, 7) is 24.0. The van der Waals surface area contributed by atoms with Crippen LogP contribution in [0, 0.1) is 0 Å². The Labute approximate surface area is 167 Å².